The number of methoxy groups -OCH3 is 1. The molecule has 0 spiro atoms. The fraction of sp³-hybridized carbons (Fsp3) is 0.118. The predicted molar refractivity (Wildman–Crippen MR) is 77.5 cm³/mol. The summed E-state index contributed by atoms with van der Waals surface area (Å²) < 4.78 is 25.8. The van der Waals surface area contributed by atoms with E-state index in [0.29, 0.717) is 5.56 Å². The van der Waals surface area contributed by atoms with Gasteiger partial charge in [0.1, 0.15) is 5.75 Å². The predicted octanol–water partition coefficient (Wildman–Crippen LogP) is 3.90. The minimum Gasteiger partial charge on any atom is -0.497 e. The number of allylic oxidation sites excluding steroid dienone is 1. The SMILES string of the molecule is [2H]C([2H])([2H])Oc1ccc(C(=O)/C=C/c2ccc(C)cc2)cc1. The Kier molecular flexibility index (Phi) is 3.02. The monoisotopic (exact) mass is 255 g/mol. The van der Waals surface area contributed by atoms with Gasteiger partial charge < -0.3 is 4.74 Å². The molecule has 0 heterocycles. The van der Waals surface area contributed by atoms with Crippen molar-refractivity contribution in [3.63, 3.8) is 0 Å². The van der Waals surface area contributed by atoms with E-state index in [2.05, 4.69) is 0 Å². The first-order valence-electron chi connectivity index (χ1n) is 7.42. The van der Waals surface area contributed by atoms with E-state index in [0.717, 1.165) is 11.1 Å². The van der Waals surface area contributed by atoms with E-state index in [4.69, 9.17) is 8.85 Å². The molecule has 2 heteroatoms. The van der Waals surface area contributed by atoms with Crippen molar-refractivity contribution in [3.8, 4) is 5.75 Å². The first kappa shape index (κ1) is 9.56. The summed E-state index contributed by atoms with van der Waals surface area (Å²) in [5.74, 6) is 0.0556. The minimum atomic E-state index is -2.49. The van der Waals surface area contributed by atoms with Crippen LogP contribution in [0.3, 0.4) is 0 Å². The van der Waals surface area contributed by atoms with Crippen LogP contribution in [-0.4, -0.2) is 12.8 Å². The van der Waals surface area contributed by atoms with Crippen LogP contribution in [0.2, 0.25) is 0 Å². The number of aryl methyl sites for hydroxylation is 1. The summed E-state index contributed by atoms with van der Waals surface area (Å²) in [6.07, 6.45) is 3.24. The lowest BCUT2D eigenvalue weighted by Crippen LogP contribution is -1.94. The summed E-state index contributed by atoms with van der Waals surface area (Å²) in [6.45, 7) is 2.00. The van der Waals surface area contributed by atoms with Crippen LogP contribution in [-0.2, 0) is 0 Å². The molecule has 0 atom stereocenters. The van der Waals surface area contributed by atoms with E-state index >= 15 is 0 Å². The second-order valence-electron chi connectivity index (χ2n) is 4.23. The molecule has 2 rings (SSSR count). The average Bonchev–Trinajstić information content (AvgIpc) is 2.45. The Balaban J connectivity index is 2.05. The van der Waals surface area contributed by atoms with Gasteiger partial charge in [-0.15, -0.1) is 0 Å². The van der Waals surface area contributed by atoms with Gasteiger partial charge in [-0.05, 0) is 42.8 Å². The van der Waals surface area contributed by atoms with Gasteiger partial charge >= 0.3 is 0 Å². The fourth-order valence-corrected chi connectivity index (χ4v) is 1.63. The Morgan fingerprint density at radius 3 is 2.42 bits per heavy atom. The Morgan fingerprint density at radius 2 is 1.79 bits per heavy atom. The molecule has 2 nitrogen and oxygen atoms in total. The van der Waals surface area contributed by atoms with Crippen molar-refractivity contribution in [2.45, 2.75) is 6.92 Å². The van der Waals surface area contributed by atoms with Gasteiger partial charge in [0.25, 0.3) is 0 Å². The summed E-state index contributed by atoms with van der Waals surface area (Å²) in [5.41, 5.74) is 2.58. The van der Waals surface area contributed by atoms with Crippen molar-refractivity contribution in [3.05, 3.63) is 71.3 Å². The molecular formula is C17H16O2. The maximum atomic E-state index is 12.0. The lowest BCUT2D eigenvalue weighted by molar-refractivity contribution is 0.104. The molecule has 0 saturated carbocycles. The largest absolute Gasteiger partial charge is 0.497 e. The van der Waals surface area contributed by atoms with Gasteiger partial charge in [0.05, 0.1) is 11.2 Å². The van der Waals surface area contributed by atoms with E-state index in [9.17, 15) is 4.79 Å². The van der Waals surface area contributed by atoms with Gasteiger partial charge in [0.2, 0.25) is 0 Å². The first-order valence-corrected chi connectivity index (χ1v) is 5.92. The van der Waals surface area contributed by atoms with Crippen molar-refractivity contribution in [2.75, 3.05) is 7.04 Å². The molecule has 0 aliphatic carbocycles. The van der Waals surface area contributed by atoms with Crippen LogP contribution < -0.4 is 4.74 Å². The highest BCUT2D eigenvalue weighted by atomic mass is 16.5. The first-order chi connectivity index (χ1) is 10.3. The Hall–Kier alpha value is -2.35. The van der Waals surface area contributed by atoms with Crippen LogP contribution in [0.15, 0.2) is 54.6 Å². The van der Waals surface area contributed by atoms with Gasteiger partial charge in [-0.1, -0.05) is 35.9 Å². The highest BCUT2D eigenvalue weighted by Crippen LogP contribution is 2.13. The third kappa shape index (κ3) is 3.55. The van der Waals surface area contributed by atoms with E-state index in [1.54, 1.807) is 18.2 Å². The Morgan fingerprint density at radius 1 is 1.11 bits per heavy atom. The molecule has 0 aliphatic rings. The number of rotatable bonds is 4. The number of carbonyl (C=O) groups excluding carboxylic acids is 1. The standard InChI is InChI=1S/C17H16O2/c1-13-3-5-14(6-4-13)7-12-17(18)15-8-10-16(19-2)11-9-15/h3-12H,1-2H3/b12-7+/i2D3. The van der Waals surface area contributed by atoms with Crippen LogP contribution in [0, 0.1) is 6.92 Å². The van der Waals surface area contributed by atoms with Gasteiger partial charge in [-0.25, -0.2) is 0 Å². The minimum absolute atomic E-state index is 0.152. The second kappa shape index (κ2) is 6.01. The molecule has 0 unspecified atom stereocenters. The number of hydrogen-bond acceptors (Lipinski definition) is 2. The van der Waals surface area contributed by atoms with Crippen molar-refractivity contribution in [1.82, 2.24) is 0 Å². The average molecular weight is 255 g/mol. The molecular weight excluding hydrogens is 236 g/mol. The van der Waals surface area contributed by atoms with Crippen LogP contribution in [0.4, 0.5) is 0 Å². The number of benzene rings is 2. The fourth-order valence-electron chi connectivity index (χ4n) is 1.63. The molecule has 2 aromatic rings. The highest BCUT2D eigenvalue weighted by molar-refractivity contribution is 6.06. The van der Waals surface area contributed by atoms with Crippen LogP contribution in [0.5, 0.6) is 5.75 Å². The Labute approximate surface area is 117 Å². The molecule has 96 valence electrons. The van der Waals surface area contributed by atoms with Gasteiger partial charge in [-0.2, -0.15) is 0 Å². The molecule has 2 aromatic carbocycles. The summed E-state index contributed by atoms with van der Waals surface area (Å²) in [4.78, 5) is 12.0. The maximum absolute atomic E-state index is 12.0. The summed E-state index contributed by atoms with van der Waals surface area (Å²) in [5, 5.41) is 0. The molecule has 0 bridgehead atoms. The zero-order chi connectivity index (χ0) is 16.2. The van der Waals surface area contributed by atoms with E-state index in [1.807, 2.05) is 31.2 Å². The van der Waals surface area contributed by atoms with Gasteiger partial charge in [0, 0.05) is 5.56 Å². The van der Waals surface area contributed by atoms with Crippen LogP contribution in [0.25, 0.3) is 6.08 Å². The molecule has 0 N–H and O–H groups in total. The van der Waals surface area contributed by atoms with Crippen molar-refractivity contribution in [1.29, 1.82) is 0 Å². The van der Waals surface area contributed by atoms with E-state index in [1.165, 1.54) is 18.2 Å². The van der Waals surface area contributed by atoms with Gasteiger partial charge in [0.15, 0.2) is 5.78 Å². The summed E-state index contributed by atoms with van der Waals surface area (Å²) in [6, 6.07) is 13.9. The lowest BCUT2D eigenvalue weighted by atomic mass is 10.1. The van der Waals surface area contributed by atoms with Crippen LogP contribution in [0.1, 0.15) is 25.6 Å². The Bertz CT molecular complexity index is 669. The van der Waals surface area contributed by atoms with Crippen molar-refractivity contribution >= 4 is 11.9 Å². The van der Waals surface area contributed by atoms with E-state index < -0.39 is 7.04 Å². The molecule has 0 saturated heterocycles. The number of ether oxygens (including phenoxy) is 1. The van der Waals surface area contributed by atoms with Crippen LogP contribution >= 0.6 is 0 Å². The number of ketones is 1. The smallest absolute Gasteiger partial charge is 0.185 e. The molecule has 19 heavy (non-hydrogen) atoms. The molecule has 0 aromatic heterocycles. The highest BCUT2D eigenvalue weighted by Gasteiger charge is 2.01. The summed E-state index contributed by atoms with van der Waals surface area (Å²) >= 11 is 0. The third-order valence-electron chi connectivity index (χ3n) is 2.76. The third-order valence-corrected chi connectivity index (χ3v) is 2.76. The number of carbonyl (C=O) groups is 1. The maximum Gasteiger partial charge on any atom is 0.185 e. The summed E-state index contributed by atoms with van der Waals surface area (Å²) in [7, 11) is -2.49. The molecule has 0 radical (unpaired) electrons. The van der Waals surface area contributed by atoms with Crippen molar-refractivity contribution in [2.24, 2.45) is 0 Å². The normalized spacial score (nSPS) is 13.6. The quantitative estimate of drug-likeness (QED) is 0.612. The second-order valence-corrected chi connectivity index (χ2v) is 4.23. The molecule has 0 aliphatic heterocycles. The molecule has 0 fully saturated rings. The van der Waals surface area contributed by atoms with Gasteiger partial charge in [-0.3, -0.25) is 4.79 Å². The number of hydrogen-bond donors (Lipinski definition) is 0. The zero-order valence-electron chi connectivity index (χ0n) is 13.6. The molecule has 0 amide bonds. The van der Waals surface area contributed by atoms with E-state index in [-0.39, 0.29) is 11.5 Å². The lowest BCUT2D eigenvalue weighted by Gasteiger charge is -2.00. The van der Waals surface area contributed by atoms with Crippen molar-refractivity contribution < 1.29 is 13.6 Å². The zero-order valence-corrected chi connectivity index (χ0v) is 10.6. The topological polar surface area (TPSA) is 26.3 Å².